The molecule has 5 unspecified atom stereocenters. The molecule has 210 valence electrons. The summed E-state index contributed by atoms with van der Waals surface area (Å²) < 4.78 is 3.14. The molecule has 3 aromatic carbocycles. The minimum Gasteiger partial charge on any atom is -1.00 e. The van der Waals surface area contributed by atoms with Gasteiger partial charge in [0.05, 0.1) is 25.1 Å². The number of quaternary nitrogens is 1. The number of benzene rings is 3. The molecule has 0 aliphatic carbocycles. The van der Waals surface area contributed by atoms with E-state index in [4.69, 9.17) is 0 Å². The monoisotopic (exact) mass is 664 g/mol. The summed E-state index contributed by atoms with van der Waals surface area (Å²) in [4.78, 5) is 0. The van der Waals surface area contributed by atoms with Crippen molar-refractivity contribution in [1.82, 2.24) is 0 Å². The lowest BCUT2D eigenvalue weighted by Crippen LogP contribution is -3.00. The number of aliphatic hydroxyl groups is 2. The summed E-state index contributed by atoms with van der Waals surface area (Å²) in [6.07, 6.45) is 5.91. The van der Waals surface area contributed by atoms with Gasteiger partial charge in [-0.15, -0.1) is 6.58 Å². The van der Waals surface area contributed by atoms with Crippen LogP contribution in [0.15, 0.2) is 104 Å². The van der Waals surface area contributed by atoms with Crippen molar-refractivity contribution in [2.75, 3.05) is 13.1 Å². The molecule has 3 saturated heterocycles. The van der Waals surface area contributed by atoms with E-state index in [0.29, 0.717) is 11.8 Å². The van der Waals surface area contributed by atoms with Gasteiger partial charge in [-0.2, -0.15) is 4.57 Å². The number of hydrogen-bond donors (Lipinski definition) is 2. The number of halogens is 2. The molecule has 5 atom stereocenters. The minimum absolute atomic E-state index is 0. The van der Waals surface area contributed by atoms with Crippen LogP contribution in [0.1, 0.15) is 41.2 Å². The van der Waals surface area contributed by atoms with Gasteiger partial charge in [-0.1, -0.05) is 72.8 Å². The van der Waals surface area contributed by atoms with Gasteiger partial charge in [0.2, 0.25) is 5.52 Å². The molecule has 3 aliphatic heterocycles. The second-order valence-electron chi connectivity index (χ2n) is 11.4. The third kappa shape index (κ3) is 5.83. The van der Waals surface area contributed by atoms with Crippen molar-refractivity contribution in [3.63, 3.8) is 0 Å². The van der Waals surface area contributed by atoms with Crippen LogP contribution in [0.3, 0.4) is 0 Å². The second kappa shape index (κ2) is 13.1. The van der Waals surface area contributed by atoms with E-state index in [1.807, 2.05) is 12.1 Å². The van der Waals surface area contributed by atoms with Crippen LogP contribution in [0.5, 0.6) is 0 Å². The maximum Gasteiger partial charge on any atom is 0.213 e. The summed E-state index contributed by atoms with van der Waals surface area (Å²) in [5.74, 6) is 1.09. The largest absolute Gasteiger partial charge is 1.00 e. The first kappa shape index (κ1) is 30.6. The lowest BCUT2D eigenvalue weighted by Gasteiger charge is -2.58. The van der Waals surface area contributed by atoms with Gasteiger partial charge in [0.25, 0.3) is 0 Å². The molecule has 0 saturated carbocycles. The Labute approximate surface area is 258 Å². The van der Waals surface area contributed by atoms with Crippen LogP contribution in [0.25, 0.3) is 10.9 Å². The summed E-state index contributed by atoms with van der Waals surface area (Å²) in [6, 6.07) is 29.6. The maximum atomic E-state index is 12.2. The molecule has 7 rings (SSSR count). The van der Waals surface area contributed by atoms with Crippen LogP contribution in [0.2, 0.25) is 0 Å². The fourth-order valence-electron chi connectivity index (χ4n) is 7.21. The molecule has 0 spiro atoms. The van der Waals surface area contributed by atoms with E-state index in [9.17, 15) is 10.2 Å². The van der Waals surface area contributed by atoms with E-state index in [0.717, 1.165) is 59.1 Å². The minimum atomic E-state index is -0.568. The Kier molecular flexibility index (Phi) is 10.0. The van der Waals surface area contributed by atoms with Crippen LogP contribution >= 0.6 is 0 Å². The molecular weight excluding hydrogens is 628 g/mol. The van der Waals surface area contributed by atoms with Crippen molar-refractivity contribution in [1.29, 1.82) is 0 Å². The van der Waals surface area contributed by atoms with Crippen LogP contribution in [0.4, 0.5) is 0 Å². The van der Waals surface area contributed by atoms with Gasteiger partial charge in [0.1, 0.15) is 18.7 Å². The van der Waals surface area contributed by atoms with Crippen molar-refractivity contribution in [2.24, 2.45) is 11.8 Å². The quantitative estimate of drug-likeness (QED) is 0.149. The van der Waals surface area contributed by atoms with Gasteiger partial charge < -0.3 is 48.7 Å². The third-order valence-electron chi connectivity index (χ3n) is 9.19. The van der Waals surface area contributed by atoms with E-state index in [2.05, 4.69) is 96.2 Å². The number of aliphatic hydroxyl groups excluding tert-OH is 2. The topological polar surface area (TPSA) is 44.3 Å². The number of pyridine rings is 1. The molecule has 40 heavy (non-hydrogen) atoms. The standard InChI is InChI=1S/C34H38N2O2.2BrH/c1-2-28-23-36(22-26-11-7-4-8-12-26)18-16-29(28)20-33(36)34(38)31-15-17-35(21-25-9-5-3-6-10-25)32-19-27(24-37)13-14-30(31)32;;/h2-15,17,19,28-29,33-34,37-38H,1,16,18,20-24H2;2*1H/q+2;;/p-2. The molecule has 4 heterocycles. The molecule has 4 nitrogen and oxygen atoms in total. The van der Waals surface area contributed by atoms with Gasteiger partial charge in [-0.05, 0) is 17.5 Å². The zero-order valence-electron chi connectivity index (χ0n) is 22.7. The Bertz CT molecular complexity index is 1430. The van der Waals surface area contributed by atoms with E-state index >= 15 is 0 Å². The first-order valence-electron chi connectivity index (χ1n) is 13.9. The molecule has 6 heteroatoms. The molecule has 4 aromatic rings. The maximum absolute atomic E-state index is 12.2. The zero-order chi connectivity index (χ0) is 26.1. The molecule has 0 amide bonds. The number of nitrogens with zero attached hydrogens (tertiary/aromatic N) is 2. The van der Waals surface area contributed by atoms with Crippen LogP contribution < -0.4 is 38.5 Å². The van der Waals surface area contributed by atoms with Gasteiger partial charge in [0.15, 0.2) is 12.7 Å². The van der Waals surface area contributed by atoms with Gasteiger partial charge in [0, 0.05) is 47.6 Å². The number of rotatable bonds is 8. The average Bonchev–Trinajstić information content (AvgIpc) is 2.97. The lowest BCUT2D eigenvalue weighted by molar-refractivity contribution is -0.984. The fourth-order valence-corrected chi connectivity index (χ4v) is 7.21. The number of fused-ring (bicyclic) bond motifs is 4. The zero-order valence-corrected chi connectivity index (χ0v) is 25.9. The number of hydrogen-bond acceptors (Lipinski definition) is 2. The van der Waals surface area contributed by atoms with Gasteiger partial charge in [-0.3, -0.25) is 0 Å². The summed E-state index contributed by atoms with van der Waals surface area (Å²) in [6.45, 7) is 7.99. The summed E-state index contributed by atoms with van der Waals surface area (Å²) >= 11 is 0. The van der Waals surface area contributed by atoms with E-state index < -0.39 is 6.10 Å². The van der Waals surface area contributed by atoms with Crippen molar-refractivity contribution in [3.8, 4) is 0 Å². The highest BCUT2D eigenvalue weighted by atomic mass is 79.9. The summed E-state index contributed by atoms with van der Waals surface area (Å²) in [7, 11) is 0. The highest BCUT2D eigenvalue weighted by Gasteiger charge is 2.54. The Morgan fingerprint density at radius 1 is 0.925 bits per heavy atom. The molecule has 0 radical (unpaired) electrons. The molecule has 2 bridgehead atoms. The predicted molar refractivity (Wildman–Crippen MR) is 151 cm³/mol. The van der Waals surface area contributed by atoms with Gasteiger partial charge in [-0.25, -0.2) is 0 Å². The predicted octanol–water partition coefficient (Wildman–Crippen LogP) is -0.679. The Morgan fingerprint density at radius 2 is 1.62 bits per heavy atom. The second-order valence-corrected chi connectivity index (χ2v) is 11.4. The number of aromatic nitrogens is 1. The van der Waals surface area contributed by atoms with Crippen LogP contribution in [0, 0.1) is 11.8 Å². The number of piperidine rings is 3. The van der Waals surface area contributed by atoms with Crippen molar-refractivity contribution in [2.45, 2.75) is 44.7 Å². The van der Waals surface area contributed by atoms with Crippen molar-refractivity contribution in [3.05, 3.63) is 126 Å². The fraction of sp³-hybridized carbons (Fsp3) is 0.324. The van der Waals surface area contributed by atoms with E-state index in [1.54, 1.807) is 0 Å². The molecule has 2 N–H and O–H groups in total. The van der Waals surface area contributed by atoms with E-state index in [-0.39, 0.29) is 46.6 Å². The lowest BCUT2D eigenvalue weighted by atomic mass is 9.71. The molecule has 3 aliphatic rings. The van der Waals surface area contributed by atoms with E-state index in [1.165, 1.54) is 17.5 Å². The summed E-state index contributed by atoms with van der Waals surface area (Å²) in [5.41, 5.74) is 5.48. The first-order valence-corrected chi connectivity index (χ1v) is 13.9. The van der Waals surface area contributed by atoms with Gasteiger partial charge >= 0.3 is 0 Å². The normalized spacial score (nSPS) is 24.1. The molecular formula is C34H38Br2N2O2. The summed E-state index contributed by atoms with van der Waals surface area (Å²) in [5, 5.41) is 23.1. The Morgan fingerprint density at radius 3 is 2.30 bits per heavy atom. The Balaban J connectivity index is 0.00000185. The van der Waals surface area contributed by atoms with Crippen LogP contribution in [-0.2, 0) is 19.7 Å². The first-order chi connectivity index (χ1) is 18.6. The van der Waals surface area contributed by atoms with Crippen molar-refractivity contribution < 1.29 is 53.2 Å². The molecule has 3 fully saturated rings. The third-order valence-corrected chi connectivity index (χ3v) is 9.19. The SMILES string of the molecule is C=CC1C[N+]2(Cc3ccccc3)CCC1CC2C(O)c1cc[n+](Cc2ccccc2)c2cc(CO)ccc12.[Br-].[Br-]. The molecule has 1 aromatic heterocycles. The highest BCUT2D eigenvalue weighted by molar-refractivity contribution is 5.80. The smallest absolute Gasteiger partial charge is 0.213 e. The van der Waals surface area contributed by atoms with Crippen molar-refractivity contribution >= 4 is 10.9 Å². The average molecular weight is 666 g/mol. The Hall–Kier alpha value is -2.35. The van der Waals surface area contributed by atoms with Crippen LogP contribution in [-0.4, -0.2) is 33.8 Å². The highest BCUT2D eigenvalue weighted by Crippen LogP contribution is 2.48.